The van der Waals surface area contributed by atoms with Crippen molar-refractivity contribution >= 4 is 5.78 Å². The van der Waals surface area contributed by atoms with Gasteiger partial charge in [-0.05, 0) is 19.4 Å². The van der Waals surface area contributed by atoms with E-state index in [2.05, 4.69) is 5.10 Å². The molecule has 5 heteroatoms. The number of nitrogens with zero attached hydrogens (tertiary/aromatic N) is 2. The summed E-state index contributed by atoms with van der Waals surface area (Å²) in [5.41, 5.74) is 5.96. The lowest BCUT2D eigenvalue weighted by Gasteiger charge is -2.06. The molecule has 0 spiro atoms. The molecule has 0 aliphatic rings. The largest absolute Gasteiger partial charge is 0.493 e. The number of ketones is 1. The van der Waals surface area contributed by atoms with E-state index in [4.69, 9.17) is 10.5 Å². The summed E-state index contributed by atoms with van der Waals surface area (Å²) in [5.74, 6) is 0.601. The zero-order chi connectivity index (χ0) is 12.0. The second kappa shape index (κ2) is 6.27. The standard InChI is InChI=1S/C11H19N3O2/c1-3-7-14-11(9(15)5-4-6-12)10(16-2)8-13-14/h8H,3-7,12H2,1-2H3. The highest BCUT2D eigenvalue weighted by molar-refractivity contribution is 5.96. The van der Waals surface area contributed by atoms with E-state index in [9.17, 15) is 4.79 Å². The fourth-order valence-electron chi connectivity index (χ4n) is 1.56. The minimum Gasteiger partial charge on any atom is -0.493 e. The Labute approximate surface area is 95.6 Å². The third-order valence-electron chi connectivity index (χ3n) is 2.33. The summed E-state index contributed by atoms with van der Waals surface area (Å²) in [7, 11) is 1.55. The van der Waals surface area contributed by atoms with E-state index in [0.717, 1.165) is 13.0 Å². The molecule has 0 fully saturated rings. The Balaban J connectivity index is 2.88. The number of aromatic nitrogens is 2. The van der Waals surface area contributed by atoms with Crippen molar-refractivity contribution in [1.29, 1.82) is 0 Å². The summed E-state index contributed by atoms with van der Waals surface area (Å²) >= 11 is 0. The lowest BCUT2D eigenvalue weighted by Crippen LogP contribution is -2.13. The predicted molar refractivity (Wildman–Crippen MR) is 61.7 cm³/mol. The van der Waals surface area contributed by atoms with Crippen LogP contribution in [0.1, 0.15) is 36.7 Å². The monoisotopic (exact) mass is 225 g/mol. The molecule has 0 radical (unpaired) electrons. The van der Waals surface area contributed by atoms with Gasteiger partial charge in [-0.3, -0.25) is 9.48 Å². The zero-order valence-electron chi connectivity index (χ0n) is 9.90. The van der Waals surface area contributed by atoms with Crippen LogP contribution in [0.5, 0.6) is 5.75 Å². The van der Waals surface area contributed by atoms with E-state index in [0.29, 0.717) is 30.8 Å². The maximum absolute atomic E-state index is 11.9. The van der Waals surface area contributed by atoms with Crippen LogP contribution in [0.2, 0.25) is 0 Å². The van der Waals surface area contributed by atoms with Gasteiger partial charge < -0.3 is 10.5 Å². The van der Waals surface area contributed by atoms with E-state index in [1.807, 2.05) is 6.92 Å². The molecule has 0 aliphatic carbocycles. The molecule has 1 aromatic rings. The van der Waals surface area contributed by atoms with Crippen LogP contribution in [-0.4, -0.2) is 29.2 Å². The Morgan fingerprint density at radius 2 is 2.38 bits per heavy atom. The van der Waals surface area contributed by atoms with Crippen LogP contribution in [0.25, 0.3) is 0 Å². The number of Topliss-reactive ketones (excluding diaryl/α,β-unsaturated/α-hetero) is 1. The van der Waals surface area contributed by atoms with Gasteiger partial charge in [0.1, 0.15) is 5.69 Å². The fourth-order valence-corrected chi connectivity index (χ4v) is 1.56. The molecule has 16 heavy (non-hydrogen) atoms. The number of hydrogen-bond acceptors (Lipinski definition) is 4. The van der Waals surface area contributed by atoms with Gasteiger partial charge in [-0.1, -0.05) is 6.92 Å². The molecule has 1 rings (SSSR count). The second-order valence-electron chi connectivity index (χ2n) is 3.60. The first kappa shape index (κ1) is 12.7. The van der Waals surface area contributed by atoms with E-state index in [-0.39, 0.29) is 5.78 Å². The molecule has 0 aliphatic heterocycles. The summed E-state index contributed by atoms with van der Waals surface area (Å²) in [4.78, 5) is 11.9. The number of ether oxygens (including phenoxy) is 1. The summed E-state index contributed by atoms with van der Waals surface area (Å²) < 4.78 is 6.84. The molecule has 0 saturated heterocycles. The second-order valence-corrected chi connectivity index (χ2v) is 3.60. The van der Waals surface area contributed by atoms with Crippen molar-refractivity contribution < 1.29 is 9.53 Å². The molecule has 1 aromatic heterocycles. The van der Waals surface area contributed by atoms with Crippen LogP contribution < -0.4 is 10.5 Å². The lowest BCUT2D eigenvalue weighted by molar-refractivity contribution is 0.0967. The molecule has 0 unspecified atom stereocenters. The molecule has 2 N–H and O–H groups in total. The lowest BCUT2D eigenvalue weighted by atomic mass is 10.1. The zero-order valence-corrected chi connectivity index (χ0v) is 9.90. The highest BCUT2D eigenvalue weighted by Crippen LogP contribution is 2.20. The number of rotatable bonds is 7. The minimum absolute atomic E-state index is 0.0493. The van der Waals surface area contributed by atoms with Gasteiger partial charge in [-0.25, -0.2) is 0 Å². The van der Waals surface area contributed by atoms with Gasteiger partial charge in [-0.15, -0.1) is 0 Å². The molecule has 1 heterocycles. The number of aryl methyl sites for hydroxylation is 1. The fraction of sp³-hybridized carbons (Fsp3) is 0.636. The first-order valence-electron chi connectivity index (χ1n) is 5.57. The maximum Gasteiger partial charge on any atom is 0.184 e. The first-order valence-corrected chi connectivity index (χ1v) is 5.57. The van der Waals surface area contributed by atoms with Crippen molar-refractivity contribution in [3.8, 4) is 5.75 Å². The van der Waals surface area contributed by atoms with Crippen LogP contribution in [0.4, 0.5) is 0 Å². The van der Waals surface area contributed by atoms with Gasteiger partial charge in [0, 0.05) is 13.0 Å². The van der Waals surface area contributed by atoms with Crippen molar-refractivity contribution in [1.82, 2.24) is 9.78 Å². The highest BCUT2D eigenvalue weighted by atomic mass is 16.5. The van der Waals surface area contributed by atoms with E-state index in [1.165, 1.54) is 0 Å². The Kier molecular flexibility index (Phi) is 4.98. The first-order chi connectivity index (χ1) is 7.74. The molecule has 90 valence electrons. The third kappa shape index (κ3) is 2.82. The predicted octanol–water partition coefficient (Wildman–Crippen LogP) is 1.22. The topological polar surface area (TPSA) is 70.1 Å². The van der Waals surface area contributed by atoms with Crippen LogP contribution in [0, 0.1) is 0 Å². The number of nitrogens with two attached hydrogens (primary N) is 1. The smallest absolute Gasteiger partial charge is 0.184 e. The molecule has 0 aromatic carbocycles. The van der Waals surface area contributed by atoms with Crippen molar-refractivity contribution in [3.05, 3.63) is 11.9 Å². The quantitative estimate of drug-likeness (QED) is 0.708. The van der Waals surface area contributed by atoms with E-state index >= 15 is 0 Å². The van der Waals surface area contributed by atoms with Crippen LogP contribution >= 0.6 is 0 Å². The van der Waals surface area contributed by atoms with Crippen molar-refractivity contribution in [3.63, 3.8) is 0 Å². The van der Waals surface area contributed by atoms with Gasteiger partial charge in [0.15, 0.2) is 11.5 Å². The Morgan fingerprint density at radius 1 is 1.62 bits per heavy atom. The molecule has 5 nitrogen and oxygen atoms in total. The average Bonchev–Trinajstić information content (AvgIpc) is 2.69. The SMILES string of the molecule is CCCn1ncc(OC)c1C(=O)CCCN. The molecular weight excluding hydrogens is 206 g/mol. The molecular formula is C11H19N3O2. The average molecular weight is 225 g/mol. The Hall–Kier alpha value is -1.36. The van der Waals surface area contributed by atoms with Crippen molar-refractivity contribution in [2.75, 3.05) is 13.7 Å². The number of carbonyl (C=O) groups is 1. The molecule has 0 saturated carbocycles. The van der Waals surface area contributed by atoms with Crippen LogP contribution in [0.3, 0.4) is 0 Å². The third-order valence-corrected chi connectivity index (χ3v) is 2.33. The summed E-state index contributed by atoms with van der Waals surface area (Å²) in [6.07, 6.45) is 3.66. The van der Waals surface area contributed by atoms with Gasteiger partial charge >= 0.3 is 0 Å². The highest BCUT2D eigenvalue weighted by Gasteiger charge is 2.18. The number of hydrogen-bond donors (Lipinski definition) is 1. The minimum atomic E-state index is 0.0493. The molecule has 0 amide bonds. The Bertz CT molecular complexity index is 347. The molecule has 0 atom stereocenters. The van der Waals surface area contributed by atoms with Gasteiger partial charge in [0.2, 0.25) is 0 Å². The summed E-state index contributed by atoms with van der Waals surface area (Å²) in [5, 5.41) is 4.15. The maximum atomic E-state index is 11.9. The van der Waals surface area contributed by atoms with E-state index < -0.39 is 0 Å². The van der Waals surface area contributed by atoms with Gasteiger partial charge in [0.25, 0.3) is 0 Å². The normalized spacial score (nSPS) is 10.4. The summed E-state index contributed by atoms with van der Waals surface area (Å²) in [6.45, 7) is 3.30. The number of carbonyl (C=O) groups excluding carboxylic acids is 1. The number of methoxy groups -OCH3 is 1. The van der Waals surface area contributed by atoms with E-state index in [1.54, 1.807) is 18.0 Å². The van der Waals surface area contributed by atoms with Gasteiger partial charge in [-0.2, -0.15) is 5.10 Å². The van der Waals surface area contributed by atoms with Crippen LogP contribution in [0.15, 0.2) is 6.20 Å². The molecule has 0 bridgehead atoms. The van der Waals surface area contributed by atoms with Crippen molar-refractivity contribution in [2.24, 2.45) is 5.73 Å². The van der Waals surface area contributed by atoms with Crippen LogP contribution in [-0.2, 0) is 6.54 Å². The Morgan fingerprint density at radius 3 is 2.94 bits per heavy atom. The van der Waals surface area contributed by atoms with Crippen molar-refractivity contribution in [2.45, 2.75) is 32.7 Å². The van der Waals surface area contributed by atoms with Gasteiger partial charge in [0.05, 0.1) is 13.3 Å². The summed E-state index contributed by atoms with van der Waals surface area (Å²) in [6, 6.07) is 0.